The van der Waals surface area contributed by atoms with Crippen LogP contribution in [-0.2, 0) is 0 Å². The van der Waals surface area contributed by atoms with Crippen molar-refractivity contribution in [2.24, 2.45) is 0 Å². The van der Waals surface area contributed by atoms with Crippen molar-refractivity contribution in [3.8, 4) is 0 Å². The molecule has 0 aromatic heterocycles. The van der Waals surface area contributed by atoms with Crippen molar-refractivity contribution in [1.82, 2.24) is 14.7 Å². The predicted octanol–water partition coefficient (Wildman–Crippen LogP) is -0.0651. The first-order chi connectivity index (χ1) is 7.49. The maximum absolute atomic E-state index is 9.85. The fourth-order valence-electron chi connectivity index (χ4n) is 2.24. The highest BCUT2D eigenvalue weighted by atomic mass is 16.3. The first-order valence-corrected chi connectivity index (χ1v) is 6.28. The van der Waals surface area contributed by atoms with Crippen LogP contribution in [0.15, 0.2) is 0 Å². The van der Waals surface area contributed by atoms with Gasteiger partial charge in [-0.15, -0.1) is 0 Å². The Labute approximate surface area is 99.8 Å². The van der Waals surface area contributed by atoms with Gasteiger partial charge in [-0.2, -0.15) is 0 Å². The summed E-state index contributed by atoms with van der Waals surface area (Å²) in [6.07, 6.45) is -0.222. The minimum Gasteiger partial charge on any atom is -0.390 e. The molecule has 96 valence electrons. The van der Waals surface area contributed by atoms with Crippen LogP contribution in [0, 0.1) is 0 Å². The summed E-state index contributed by atoms with van der Waals surface area (Å²) in [4.78, 5) is 6.90. The lowest BCUT2D eigenvalue weighted by Gasteiger charge is -2.37. The van der Waals surface area contributed by atoms with Crippen LogP contribution in [0.5, 0.6) is 0 Å². The number of piperazine rings is 1. The molecule has 1 N–H and O–H groups in total. The van der Waals surface area contributed by atoms with Gasteiger partial charge in [0.1, 0.15) is 0 Å². The average Bonchev–Trinajstić information content (AvgIpc) is 2.16. The second-order valence-corrected chi connectivity index (χ2v) is 5.35. The number of nitrogens with zero attached hydrogens (tertiary/aromatic N) is 3. The highest BCUT2D eigenvalue weighted by Gasteiger charge is 2.20. The highest BCUT2D eigenvalue weighted by molar-refractivity contribution is 4.76. The van der Waals surface area contributed by atoms with Crippen LogP contribution < -0.4 is 0 Å². The van der Waals surface area contributed by atoms with Gasteiger partial charge in [0.2, 0.25) is 0 Å². The molecular weight excluding hydrogens is 202 g/mol. The first kappa shape index (κ1) is 13.9. The van der Waals surface area contributed by atoms with E-state index in [2.05, 4.69) is 23.6 Å². The van der Waals surface area contributed by atoms with Gasteiger partial charge in [-0.3, -0.25) is 9.80 Å². The number of likely N-dealkylation sites (N-methyl/N-ethyl adjacent to an activating group) is 1. The number of aliphatic hydroxyl groups excluding tert-OH is 1. The summed E-state index contributed by atoms with van der Waals surface area (Å²) in [5, 5.41) is 9.85. The fourth-order valence-corrected chi connectivity index (χ4v) is 2.24. The zero-order valence-corrected chi connectivity index (χ0v) is 11.2. The molecule has 0 aromatic carbocycles. The molecule has 4 nitrogen and oxygen atoms in total. The molecule has 1 aliphatic rings. The Bertz CT molecular complexity index is 189. The maximum Gasteiger partial charge on any atom is 0.0793 e. The van der Waals surface area contributed by atoms with E-state index in [1.54, 1.807) is 0 Å². The van der Waals surface area contributed by atoms with Gasteiger partial charge in [-0.25, -0.2) is 0 Å². The van der Waals surface area contributed by atoms with Crippen molar-refractivity contribution < 1.29 is 5.11 Å². The molecule has 1 rings (SSSR count). The van der Waals surface area contributed by atoms with Crippen molar-refractivity contribution in [2.75, 3.05) is 53.4 Å². The Hall–Kier alpha value is -0.160. The second-order valence-electron chi connectivity index (χ2n) is 5.35. The van der Waals surface area contributed by atoms with E-state index in [1.807, 2.05) is 19.0 Å². The minimum atomic E-state index is -0.222. The number of β-amino-alcohol motifs (C(OH)–C–C–N with tert-alkyl or cyclic N) is 1. The summed E-state index contributed by atoms with van der Waals surface area (Å²) in [6, 6.07) is 0.647. The van der Waals surface area contributed by atoms with Crippen LogP contribution in [0.3, 0.4) is 0 Å². The SMILES string of the molecule is CC(C)N1CCN(CC(O)CN(C)C)CC1. The molecule has 0 spiro atoms. The van der Waals surface area contributed by atoms with E-state index in [0.717, 1.165) is 39.3 Å². The average molecular weight is 229 g/mol. The van der Waals surface area contributed by atoms with Gasteiger partial charge in [0.15, 0.2) is 0 Å². The van der Waals surface area contributed by atoms with E-state index in [1.165, 1.54) is 0 Å². The molecule has 1 saturated heterocycles. The summed E-state index contributed by atoms with van der Waals surface area (Å²) < 4.78 is 0. The normalized spacial score (nSPS) is 21.9. The van der Waals surface area contributed by atoms with Gasteiger partial charge in [0, 0.05) is 45.3 Å². The number of rotatable bonds is 5. The van der Waals surface area contributed by atoms with Crippen LogP contribution in [0.1, 0.15) is 13.8 Å². The lowest BCUT2D eigenvalue weighted by Crippen LogP contribution is -2.51. The monoisotopic (exact) mass is 229 g/mol. The summed E-state index contributed by atoms with van der Waals surface area (Å²) >= 11 is 0. The molecule has 4 heteroatoms. The molecule has 0 radical (unpaired) electrons. The lowest BCUT2D eigenvalue weighted by molar-refractivity contribution is 0.0515. The quantitative estimate of drug-likeness (QED) is 0.715. The second kappa shape index (κ2) is 6.55. The van der Waals surface area contributed by atoms with Crippen LogP contribution in [-0.4, -0.2) is 85.3 Å². The van der Waals surface area contributed by atoms with E-state index < -0.39 is 0 Å². The maximum atomic E-state index is 9.85. The number of hydrogen-bond acceptors (Lipinski definition) is 4. The summed E-state index contributed by atoms with van der Waals surface area (Å²) in [7, 11) is 4.00. The topological polar surface area (TPSA) is 30.0 Å². The Morgan fingerprint density at radius 3 is 2.12 bits per heavy atom. The summed E-state index contributed by atoms with van der Waals surface area (Å²) in [5.41, 5.74) is 0. The molecule has 1 fully saturated rings. The van der Waals surface area contributed by atoms with Crippen molar-refractivity contribution in [1.29, 1.82) is 0 Å². The van der Waals surface area contributed by atoms with Gasteiger partial charge in [-0.1, -0.05) is 0 Å². The zero-order valence-electron chi connectivity index (χ0n) is 11.2. The minimum absolute atomic E-state index is 0.222. The van der Waals surface area contributed by atoms with Crippen molar-refractivity contribution >= 4 is 0 Å². The Morgan fingerprint density at radius 2 is 1.69 bits per heavy atom. The summed E-state index contributed by atoms with van der Waals surface area (Å²) in [5.74, 6) is 0. The van der Waals surface area contributed by atoms with E-state index >= 15 is 0 Å². The van der Waals surface area contributed by atoms with Gasteiger partial charge in [-0.05, 0) is 27.9 Å². The van der Waals surface area contributed by atoms with Crippen LogP contribution in [0.2, 0.25) is 0 Å². The van der Waals surface area contributed by atoms with E-state index in [4.69, 9.17) is 0 Å². The van der Waals surface area contributed by atoms with Gasteiger partial charge >= 0.3 is 0 Å². The van der Waals surface area contributed by atoms with E-state index in [0.29, 0.717) is 6.04 Å². The van der Waals surface area contributed by atoms with Crippen LogP contribution in [0.4, 0.5) is 0 Å². The molecule has 16 heavy (non-hydrogen) atoms. The van der Waals surface area contributed by atoms with Crippen molar-refractivity contribution in [2.45, 2.75) is 26.0 Å². The van der Waals surface area contributed by atoms with Gasteiger partial charge in [0.05, 0.1) is 6.10 Å². The first-order valence-electron chi connectivity index (χ1n) is 6.28. The molecular formula is C12H27N3O. The highest BCUT2D eigenvalue weighted by Crippen LogP contribution is 2.06. The number of aliphatic hydroxyl groups is 1. The predicted molar refractivity (Wildman–Crippen MR) is 67.7 cm³/mol. The van der Waals surface area contributed by atoms with Crippen molar-refractivity contribution in [3.63, 3.8) is 0 Å². The Kier molecular flexibility index (Phi) is 5.69. The fraction of sp³-hybridized carbons (Fsp3) is 1.00. The third kappa shape index (κ3) is 4.78. The molecule has 0 bridgehead atoms. The van der Waals surface area contributed by atoms with Crippen molar-refractivity contribution in [3.05, 3.63) is 0 Å². The van der Waals surface area contributed by atoms with E-state index in [9.17, 15) is 5.11 Å². The van der Waals surface area contributed by atoms with E-state index in [-0.39, 0.29) is 6.10 Å². The Balaban J connectivity index is 2.21. The Morgan fingerprint density at radius 1 is 1.12 bits per heavy atom. The zero-order chi connectivity index (χ0) is 12.1. The molecule has 1 aliphatic heterocycles. The van der Waals surface area contributed by atoms with Crippen LogP contribution in [0.25, 0.3) is 0 Å². The molecule has 0 aromatic rings. The standard InChI is InChI=1S/C12H27N3O/c1-11(2)15-7-5-14(6-8-15)10-12(16)9-13(3)4/h11-12,16H,5-10H2,1-4H3. The third-order valence-electron chi connectivity index (χ3n) is 3.18. The summed E-state index contributed by atoms with van der Waals surface area (Å²) in [6.45, 7) is 10.5. The van der Waals surface area contributed by atoms with Gasteiger partial charge in [0.25, 0.3) is 0 Å². The molecule has 1 atom stereocenters. The third-order valence-corrected chi connectivity index (χ3v) is 3.18. The largest absolute Gasteiger partial charge is 0.390 e. The van der Waals surface area contributed by atoms with Crippen LogP contribution >= 0.6 is 0 Å². The molecule has 0 saturated carbocycles. The van der Waals surface area contributed by atoms with Gasteiger partial charge < -0.3 is 10.0 Å². The molecule has 1 heterocycles. The smallest absolute Gasteiger partial charge is 0.0793 e. The molecule has 0 aliphatic carbocycles. The number of hydrogen-bond donors (Lipinski definition) is 1. The lowest BCUT2D eigenvalue weighted by atomic mass is 10.2. The molecule has 1 unspecified atom stereocenters. The molecule has 0 amide bonds.